The summed E-state index contributed by atoms with van der Waals surface area (Å²) in [5.41, 5.74) is 0. The average Bonchev–Trinajstić information content (AvgIpc) is 2.58. The molecule has 1 unspecified atom stereocenters. The Labute approximate surface area is 140 Å². The lowest BCUT2D eigenvalue weighted by molar-refractivity contribution is -0.154. The monoisotopic (exact) mass is 322 g/mol. The van der Waals surface area contributed by atoms with E-state index in [1.54, 1.807) is 0 Å². The number of ether oxygens (including phenoxy) is 3. The van der Waals surface area contributed by atoms with Crippen LogP contribution in [0.2, 0.25) is 0 Å². The molecule has 0 aliphatic carbocycles. The van der Waals surface area contributed by atoms with E-state index in [1.165, 1.54) is 37.8 Å². The van der Waals surface area contributed by atoms with Gasteiger partial charge in [-0.15, -0.1) is 0 Å². The fourth-order valence-corrected chi connectivity index (χ4v) is 2.29. The number of hydrogen-bond donors (Lipinski definition) is 0. The first-order valence-electron chi connectivity index (χ1n) is 8.88. The number of rotatable bonds is 10. The van der Waals surface area contributed by atoms with Crippen LogP contribution < -0.4 is 0 Å². The third kappa shape index (κ3) is 11.9. The Bertz CT molecular complexity index is 386. The molecule has 4 heteroatoms. The molecule has 0 bridgehead atoms. The van der Waals surface area contributed by atoms with E-state index in [0.717, 1.165) is 38.7 Å². The molecule has 0 amide bonds. The Balaban J connectivity index is 1.97. The van der Waals surface area contributed by atoms with Crippen molar-refractivity contribution in [2.75, 3.05) is 19.8 Å². The minimum absolute atomic E-state index is 0.121. The molecule has 0 saturated carbocycles. The Morgan fingerprint density at radius 2 is 2.04 bits per heavy atom. The summed E-state index contributed by atoms with van der Waals surface area (Å²) in [6.45, 7) is 3.78. The summed E-state index contributed by atoms with van der Waals surface area (Å²) < 4.78 is 16.0. The number of esters is 1. The molecule has 1 saturated heterocycles. The summed E-state index contributed by atoms with van der Waals surface area (Å²) in [7, 11) is 0. The van der Waals surface area contributed by atoms with E-state index in [0.29, 0.717) is 13.2 Å². The minimum atomic E-state index is -0.329. The van der Waals surface area contributed by atoms with Crippen molar-refractivity contribution in [1.82, 2.24) is 0 Å². The van der Waals surface area contributed by atoms with E-state index in [9.17, 15) is 4.79 Å². The van der Waals surface area contributed by atoms with Crippen LogP contribution in [0.1, 0.15) is 64.7 Å². The molecule has 23 heavy (non-hydrogen) atoms. The molecule has 1 aliphatic rings. The van der Waals surface area contributed by atoms with Crippen molar-refractivity contribution in [1.29, 1.82) is 0 Å². The Morgan fingerprint density at radius 3 is 2.83 bits per heavy atom. The molecule has 1 aliphatic heterocycles. The molecule has 0 N–H and O–H groups in total. The van der Waals surface area contributed by atoms with E-state index in [-0.39, 0.29) is 12.3 Å². The summed E-state index contributed by atoms with van der Waals surface area (Å²) in [5.74, 6) is 5.28. The second kappa shape index (κ2) is 14.3. The van der Waals surface area contributed by atoms with Gasteiger partial charge >= 0.3 is 5.97 Å². The Kier molecular flexibility index (Phi) is 12.3. The second-order valence-electron chi connectivity index (χ2n) is 5.70. The largest absolute Gasteiger partial charge is 0.463 e. The van der Waals surface area contributed by atoms with Gasteiger partial charge in [0.1, 0.15) is 6.61 Å². The van der Waals surface area contributed by atoms with Crippen molar-refractivity contribution >= 4 is 5.97 Å². The van der Waals surface area contributed by atoms with Crippen molar-refractivity contribution < 1.29 is 19.0 Å². The maximum atomic E-state index is 11.4. The normalized spacial score (nSPS) is 17.7. The van der Waals surface area contributed by atoms with Crippen LogP contribution in [-0.4, -0.2) is 32.1 Å². The Hall–Kier alpha value is -1.31. The lowest BCUT2D eigenvalue weighted by Crippen LogP contribution is -2.22. The molecule has 1 rings (SSSR count). The summed E-state index contributed by atoms with van der Waals surface area (Å²) in [6.07, 6.45) is 13.0. The molecule has 0 aromatic carbocycles. The smallest absolute Gasteiger partial charge is 0.331 e. The van der Waals surface area contributed by atoms with Crippen molar-refractivity contribution in [3.8, 4) is 11.8 Å². The number of unbranched alkanes of at least 4 members (excludes halogenated alkanes) is 5. The lowest BCUT2D eigenvalue weighted by atomic mass is 10.1. The van der Waals surface area contributed by atoms with Crippen LogP contribution in [0.15, 0.2) is 12.2 Å². The minimum Gasteiger partial charge on any atom is -0.463 e. The SMILES string of the molecule is CCCCCCCCOC(=O)C=CC#CCOC1CCCCO1. The van der Waals surface area contributed by atoms with Crippen LogP contribution in [0, 0.1) is 11.8 Å². The first kappa shape index (κ1) is 19.7. The van der Waals surface area contributed by atoms with Crippen LogP contribution in [0.25, 0.3) is 0 Å². The first-order chi connectivity index (χ1) is 11.3. The highest BCUT2D eigenvalue weighted by Crippen LogP contribution is 2.13. The molecule has 1 fully saturated rings. The van der Waals surface area contributed by atoms with Crippen molar-refractivity contribution in [2.24, 2.45) is 0 Å². The number of allylic oxidation sites excluding steroid dienone is 1. The van der Waals surface area contributed by atoms with E-state index < -0.39 is 0 Å². The van der Waals surface area contributed by atoms with E-state index >= 15 is 0 Å². The highest BCUT2D eigenvalue weighted by Gasteiger charge is 2.12. The van der Waals surface area contributed by atoms with Gasteiger partial charge in [-0.05, 0) is 31.8 Å². The van der Waals surface area contributed by atoms with Crippen LogP contribution in [0.3, 0.4) is 0 Å². The van der Waals surface area contributed by atoms with Gasteiger partial charge in [0.25, 0.3) is 0 Å². The highest BCUT2D eigenvalue weighted by atomic mass is 16.7. The topological polar surface area (TPSA) is 44.8 Å². The lowest BCUT2D eigenvalue weighted by Gasteiger charge is -2.21. The third-order valence-corrected chi connectivity index (χ3v) is 3.63. The van der Waals surface area contributed by atoms with Crippen molar-refractivity contribution in [3.05, 3.63) is 12.2 Å². The zero-order valence-electron chi connectivity index (χ0n) is 14.4. The zero-order valence-corrected chi connectivity index (χ0v) is 14.4. The third-order valence-electron chi connectivity index (χ3n) is 3.63. The van der Waals surface area contributed by atoms with Gasteiger partial charge in [-0.25, -0.2) is 4.79 Å². The fraction of sp³-hybridized carbons (Fsp3) is 0.737. The zero-order chi connectivity index (χ0) is 16.6. The van der Waals surface area contributed by atoms with Gasteiger partial charge in [-0.1, -0.05) is 50.9 Å². The summed E-state index contributed by atoms with van der Waals surface area (Å²) in [5, 5.41) is 0. The molecular weight excluding hydrogens is 292 g/mol. The molecule has 1 atom stereocenters. The van der Waals surface area contributed by atoms with Crippen LogP contribution in [-0.2, 0) is 19.0 Å². The highest BCUT2D eigenvalue weighted by molar-refractivity contribution is 5.82. The molecule has 0 radical (unpaired) electrons. The molecule has 1 heterocycles. The molecule has 0 aromatic rings. The van der Waals surface area contributed by atoms with Gasteiger partial charge in [0.2, 0.25) is 0 Å². The van der Waals surface area contributed by atoms with Crippen molar-refractivity contribution in [3.63, 3.8) is 0 Å². The van der Waals surface area contributed by atoms with Gasteiger partial charge in [-0.3, -0.25) is 0 Å². The van der Waals surface area contributed by atoms with Gasteiger partial charge in [-0.2, -0.15) is 0 Å². The number of hydrogen-bond acceptors (Lipinski definition) is 4. The summed E-state index contributed by atoms with van der Waals surface area (Å²) in [4.78, 5) is 11.4. The summed E-state index contributed by atoms with van der Waals surface area (Å²) in [6, 6.07) is 0. The standard InChI is InChI=1S/C19H30O4/c1-2-3-4-5-6-10-15-21-18(20)13-8-7-11-16-22-19-14-9-12-17-23-19/h8,13,19H,2-6,9-10,12,14-17H2,1H3. The van der Waals surface area contributed by atoms with Gasteiger partial charge in [0, 0.05) is 12.7 Å². The first-order valence-corrected chi connectivity index (χ1v) is 8.88. The Morgan fingerprint density at radius 1 is 1.22 bits per heavy atom. The van der Waals surface area contributed by atoms with Gasteiger partial charge < -0.3 is 14.2 Å². The van der Waals surface area contributed by atoms with Gasteiger partial charge in [0.05, 0.1) is 6.61 Å². The van der Waals surface area contributed by atoms with Crippen LogP contribution in [0.4, 0.5) is 0 Å². The molecule has 0 spiro atoms. The molecule has 4 nitrogen and oxygen atoms in total. The maximum absolute atomic E-state index is 11.4. The molecular formula is C19H30O4. The van der Waals surface area contributed by atoms with Gasteiger partial charge in [0.15, 0.2) is 6.29 Å². The van der Waals surface area contributed by atoms with E-state index in [2.05, 4.69) is 18.8 Å². The van der Waals surface area contributed by atoms with E-state index in [4.69, 9.17) is 14.2 Å². The quantitative estimate of drug-likeness (QED) is 0.264. The average molecular weight is 322 g/mol. The van der Waals surface area contributed by atoms with Crippen LogP contribution in [0.5, 0.6) is 0 Å². The van der Waals surface area contributed by atoms with Crippen LogP contribution >= 0.6 is 0 Å². The molecule has 130 valence electrons. The predicted octanol–water partition coefficient (Wildman–Crippen LogP) is 3.99. The van der Waals surface area contributed by atoms with E-state index in [1.807, 2.05) is 0 Å². The second-order valence-corrected chi connectivity index (χ2v) is 5.70. The fourth-order valence-electron chi connectivity index (χ4n) is 2.29. The number of carbonyl (C=O) groups excluding carboxylic acids is 1. The van der Waals surface area contributed by atoms with Crippen molar-refractivity contribution in [2.45, 2.75) is 71.0 Å². The number of carbonyl (C=O) groups is 1. The summed E-state index contributed by atoms with van der Waals surface area (Å²) >= 11 is 0. The molecule has 0 aromatic heterocycles. The maximum Gasteiger partial charge on any atom is 0.331 e. The predicted molar refractivity (Wildman–Crippen MR) is 90.8 cm³/mol.